The first-order valence-electron chi connectivity index (χ1n) is 8.57. The van der Waals surface area contributed by atoms with E-state index in [2.05, 4.69) is 87.6 Å². The maximum absolute atomic E-state index is 10.8. The number of hydrogen-bond donors (Lipinski definition) is 1. The first-order chi connectivity index (χ1) is 12.5. The highest BCUT2D eigenvalue weighted by atomic mass is 79.9. The summed E-state index contributed by atoms with van der Waals surface area (Å²) in [5.41, 5.74) is 2.24. The Bertz CT molecular complexity index is 951. The monoisotopic (exact) mass is 544 g/mol. The fourth-order valence-corrected chi connectivity index (χ4v) is 5.47. The van der Waals surface area contributed by atoms with Crippen LogP contribution in [-0.4, -0.2) is 53.5 Å². The molecule has 0 saturated carbocycles. The van der Waals surface area contributed by atoms with Gasteiger partial charge in [-0.05, 0) is 46.3 Å². The number of aliphatic hydroxyl groups is 1. The van der Waals surface area contributed by atoms with Gasteiger partial charge in [0, 0.05) is 49.3 Å². The van der Waals surface area contributed by atoms with Gasteiger partial charge in [0.1, 0.15) is 0 Å². The second kappa shape index (κ2) is 7.89. The molecule has 7 heteroatoms. The molecule has 0 bridgehead atoms. The van der Waals surface area contributed by atoms with Gasteiger partial charge in [0.25, 0.3) is 0 Å². The first-order valence-corrected chi connectivity index (χ1v) is 11.0. The summed E-state index contributed by atoms with van der Waals surface area (Å²) < 4.78 is 10.7. The van der Waals surface area contributed by atoms with E-state index in [0.29, 0.717) is 13.1 Å². The molecule has 1 aromatic heterocycles. The lowest BCUT2D eigenvalue weighted by Crippen LogP contribution is -2.42. The molecule has 2 heterocycles. The average molecular weight is 547 g/mol. The number of fused-ring (bicyclic) bond motifs is 3. The maximum Gasteiger partial charge on any atom is 0.0846 e. The molecule has 1 N–H and O–H groups in total. The van der Waals surface area contributed by atoms with Crippen molar-refractivity contribution in [2.75, 3.05) is 32.8 Å². The molecule has 2 aromatic carbocycles. The molecule has 0 spiro atoms. The van der Waals surface area contributed by atoms with Gasteiger partial charge in [-0.2, -0.15) is 0 Å². The molecule has 0 amide bonds. The Hall–Kier alpha value is -0.440. The highest BCUT2D eigenvalue weighted by molar-refractivity contribution is 9.11. The van der Waals surface area contributed by atoms with Crippen LogP contribution >= 0.6 is 47.8 Å². The molecule has 0 aliphatic carbocycles. The van der Waals surface area contributed by atoms with E-state index in [9.17, 15) is 5.11 Å². The van der Waals surface area contributed by atoms with Crippen molar-refractivity contribution < 1.29 is 9.84 Å². The molecule has 4 rings (SSSR count). The van der Waals surface area contributed by atoms with E-state index in [1.165, 1.54) is 10.8 Å². The predicted octanol–water partition coefficient (Wildman–Crippen LogP) is 4.78. The Labute approximate surface area is 177 Å². The van der Waals surface area contributed by atoms with E-state index < -0.39 is 6.10 Å². The van der Waals surface area contributed by atoms with Gasteiger partial charge in [-0.15, -0.1) is 0 Å². The number of aliphatic hydroxyl groups excluding tert-OH is 1. The molecular weight excluding hydrogens is 528 g/mol. The summed E-state index contributed by atoms with van der Waals surface area (Å²) in [6, 6.07) is 10.5. The number of rotatable bonds is 4. The standard InChI is InChI=1S/C19H19Br3N2O2/c20-12-1-2-18-15(7-12)16-8-13(21)9-17(22)19(16)24(18)11-14(25)10-23-3-5-26-6-4-23/h1-2,7-9,14,25H,3-6,10-11H2/t14-/m0/s1. The van der Waals surface area contributed by atoms with Gasteiger partial charge in [-0.25, -0.2) is 0 Å². The third kappa shape index (κ3) is 3.75. The third-order valence-electron chi connectivity index (χ3n) is 4.80. The Morgan fingerprint density at radius 3 is 2.46 bits per heavy atom. The molecule has 1 fully saturated rings. The number of hydrogen-bond acceptors (Lipinski definition) is 3. The van der Waals surface area contributed by atoms with Crippen LogP contribution in [0.25, 0.3) is 21.8 Å². The summed E-state index contributed by atoms with van der Waals surface area (Å²) >= 11 is 10.9. The van der Waals surface area contributed by atoms with Crippen molar-refractivity contribution in [2.45, 2.75) is 12.6 Å². The minimum Gasteiger partial charge on any atom is -0.390 e. The summed E-state index contributed by atoms with van der Waals surface area (Å²) in [5, 5.41) is 13.1. The van der Waals surface area contributed by atoms with Gasteiger partial charge < -0.3 is 14.4 Å². The average Bonchev–Trinajstić information content (AvgIpc) is 2.89. The number of halogens is 3. The molecule has 0 unspecified atom stereocenters. The van der Waals surface area contributed by atoms with Crippen LogP contribution in [0.5, 0.6) is 0 Å². The summed E-state index contributed by atoms with van der Waals surface area (Å²) in [5.74, 6) is 0. The van der Waals surface area contributed by atoms with Crippen LogP contribution < -0.4 is 0 Å². The smallest absolute Gasteiger partial charge is 0.0846 e. The SMILES string of the molecule is O[C@@H](CN1CCOCC1)Cn1c2ccc(Br)cc2c2cc(Br)cc(Br)c21. The van der Waals surface area contributed by atoms with Crippen LogP contribution in [0.1, 0.15) is 0 Å². The molecule has 26 heavy (non-hydrogen) atoms. The van der Waals surface area contributed by atoms with E-state index in [1.54, 1.807) is 0 Å². The molecular formula is C19H19Br3N2O2. The highest BCUT2D eigenvalue weighted by Gasteiger charge is 2.19. The third-order valence-corrected chi connectivity index (χ3v) is 6.36. The summed E-state index contributed by atoms with van der Waals surface area (Å²) in [7, 11) is 0. The molecule has 3 aromatic rings. The second-order valence-electron chi connectivity index (χ2n) is 6.62. The van der Waals surface area contributed by atoms with E-state index in [4.69, 9.17) is 4.74 Å². The van der Waals surface area contributed by atoms with Gasteiger partial charge in [0.05, 0.1) is 31.4 Å². The normalized spacial score (nSPS) is 17.2. The lowest BCUT2D eigenvalue weighted by Gasteiger charge is -2.28. The van der Waals surface area contributed by atoms with Crippen molar-refractivity contribution in [3.63, 3.8) is 0 Å². The molecule has 138 valence electrons. The van der Waals surface area contributed by atoms with E-state index >= 15 is 0 Å². The Kier molecular flexibility index (Phi) is 5.74. The van der Waals surface area contributed by atoms with Crippen LogP contribution in [0.2, 0.25) is 0 Å². The zero-order chi connectivity index (χ0) is 18.3. The number of nitrogens with zero attached hydrogens (tertiary/aromatic N) is 2. The predicted molar refractivity (Wildman–Crippen MR) is 116 cm³/mol. The summed E-state index contributed by atoms with van der Waals surface area (Å²) in [6.45, 7) is 4.47. The van der Waals surface area contributed by atoms with Gasteiger partial charge >= 0.3 is 0 Å². The van der Waals surface area contributed by atoms with Crippen molar-refractivity contribution >= 4 is 69.6 Å². The van der Waals surface area contributed by atoms with Crippen LogP contribution in [0.15, 0.2) is 43.7 Å². The van der Waals surface area contributed by atoms with Crippen molar-refractivity contribution in [3.05, 3.63) is 43.7 Å². The fraction of sp³-hybridized carbons (Fsp3) is 0.368. The van der Waals surface area contributed by atoms with E-state index in [-0.39, 0.29) is 0 Å². The highest BCUT2D eigenvalue weighted by Crippen LogP contribution is 2.37. The zero-order valence-corrected chi connectivity index (χ0v) is 18.8. The lowest BCUT2D eigenvalue weighted by atomic mass is 10.2. The zero-order valence-electron chi connectivity index (χ0n) is 14.1. The van der Waals surface area contributed by atoms with Crippen molar-refractivity contribution in [2.24, 2.45) is 0 Å². The minimum absolute atomic E-state index is 0.439. The van der Waals surface area contributed by atoms with Gasteiger partial charge in [-0.1, -0.05) is 31.9 Å². The second-order valence-corrected chi connectivity index (χ2v) is 9.31. The number of β-amino-alcohol motifs (C(OH)–C–C–N with tert-alkyl or cyclic N) is 1. The number of ether oxygens (including phenoxy) is 1. The molecule has 4 nitrogen and oxygen atoms in total. The van der Waals surface area contributed by atoms with E-state index in [1.807, 2.05) is 0 Å². The number of aromatic nitrogens is 1. The van der Waals surface area contributed by atoms with Crippen LogP contribution in [0, 0.1) is 0 Å². The first kappa shape index (κ1) is 18.9. The Morgan fingerprint density at radius 1 is 0.962 bits per heavy atom. The Balaban J connectivity index is 1.75. The van der Waals surface area contributed by atoms with Crippen LogP contribution in [-0.2, 0) is 11.3 Å². The Morgan fingerprint density at radius 2 is 1.69 bits per heavy atom. The van der Waals surface area contributed by atoms with Crippen LogP contribution in [0.4, 0.5) is 0 Å². The number of benzene rings is 2. The molecule has 1 saturated heterocycles. The van der Waals surface area contributed by atoms with Gasteiger partial charge in [0.15, 0.2) is 0 Å². The molecule has 1 aliphatic heterocycles. The van der Waals surface area contributed by atoms with Crippen molar-refractivity contribution in [1.82, 2.24) is 9.47 Å². The molecule has 1 atom stereocenters. The van der Waals surface area contributed by atoms with Gasteiger partial charge in [-0.3, -0.25) is 4.90 Å². The number of morpholine rings is 1. The fourth-order valence-electron chi connectivity index (χ4n) is 3.67. The summed E-state index contributed by atoms with van der Waals surface area (Å²) in [6.07, 6.45) is -0.439. The largest absolute Gasteiger partial charge is 0.390 e. The van der Waals surface area contributed by atoms with Crippen LogP contribution in [0.3, 0.4) is 0 Å². The molecule has 1 aliphatic rings. The molecule has 0 radical (unpaired) electrons. The quantitative estimate of drug-likeness (QED) is 0.512. The topological polar surface area (TPSA) is 37.6 Å². The van der Waals surface area contributed by atoms with Gasteiger partial charge in [0.2, 0.25) is 0 Å². The minimum atomic E-state index is -0.439. The summed E-state index contributed by atoms with van der Waals surface area (Å²) in [4.78, 5) is 2.27. The maximum atomic E-state index is 10.8. The van der Waals surface area contributed by atoms with Crippen molar-refractivity contribution in [3.8, 4) is 0 Å². The van der Waals surface area contributed by atoms with Crippen molar-refractivity contribution in [1.29, 1.82) is 0 Å². The van der Waals surface area contributed by atoms with E-state index in [0.717, 1.165) is 50.8 Å². The lowest BCUT2D eigenvalue weighted by molar-refractivity contribution is 0.0119.